The molecule has 2 aromatic carbocycles. The number of hydrogen-bond acceptors (Lipinski definition) is 8. The number of carbonyl (C=O) groups excluding carboxylic acids is 1. The average molecular weight is 414 g/mol. The van der Waals surface area contributed by atoms with E-state index in [1.807, 2.05) is 18.2 Å². The Morgan fingerprint density at radius 1 is 1.07 bits per heavy atom. The molecule has 1 N–H and O–H groups in total. The summed E-state index contributed by atoms with van der Waals surface area (Å²) in [6, 6.07) is 14.1. The molecule has 160 valence electrons. The molecule has 30 heavy (non-hydrogen) atoms. The topological polar surface area (TPSA) is 101 Å². The molecule has 0 fully saturated rings. The SMILES string of the molecule is COC(=O)CN(Cc1cc(OC)cc(OC)c1)CC(O)COc1ccc(C#N)cc1. The summed E-state index contributed by atoms with van der Waals surface area (Å²) in [6.45, 7) is 0.594. The van der Waals surface area contributed by atoms with Crippen LogP contribution in [0.1, 0.15) is 11.1 Å². The molecule has 0 aliphatic carbocycles. The van der Waals surface area contributed by atoms with E-state index in [-0.39, 0.29) is 19.7 Å². The zero-order valence-electron chi connectivity index (χ0n) is 17.3. The standard InChI is InChI=1S/C22H26N2O6/c1-27-20-8-17(9-21(10-20)28-2)12-24(14-22(26)29-3)13-18(25)15-30-19-6-4-16(11-23)5-7-19/h4-10,18,25H,12-15H2,1-3H3. The van der Waals surface area contributed by atoms with Crippen LogP contribution in [-0.2, 0) is 16.1 Å². The molecule has 0 saturated heterocycles. The Morgan fingerprint density at radius 3 is 2.23 bits per heavy atom. The van der Waals surface area contributed by atoms with Crippen molar-refractivity contribution in [3.05, 3.63) is 53.6 Å². The minimum atomic E-state index is -0.849. The maximum Gasteiger partial charge on any atom is 0.319 e. The largest absolute Gasteiger partial charge is 0.497 e. The van der Waals surface area contributed by atoms with Gasteiger partial charge < -0.3 is 24.1 Å². The van der Waals surface area contributed by atoms with Gasteiger partial charge >= 0.3 is 5.97 Å². The quantitative estimate of drug-likeness (QED) is 0.557. The molecule has 0 heterocycles. The Hall–Kier alpha value is -3.28. The fourth-order valence-corrected chi connectivity index (χ4v) is 2.82. The van der Waals surface area contributed by atoms with Gasteiger partial charge in [0.25, 0.3) is 0 Å². The van der Waals surface area contributed by atoms with Crippen molar-refractivity contribution in [3.8, 4) is 23.3 Å². The lowest BCUT2D eigenvalue weighted by Crippen LogP contribution is -2.38. The van der Waals surface area contributed by atoms with E-state index in [1.54, 1.807) is 49.5 Å². The van der Waals surface area contributed by atoms with E-state index >= 15 is 0 Å². The first-order valence-corrected chi connectivity index (χ1v) is 9.29. The second-order valence-corrected chi connectivity index (χ2v) is 6.57. The van der Waals surface area contributed by atoms with Crippen LogP contribution in [0.15, 0.2) is 42.5 Å². The van der Waals surface area contributed by atoms with Crippen molar-refractivity contribution in [1.29, 1.82) is 5.26 Å². The maximum atomic E-state index is 11.8. The van der Waals surface area contributed by atoms with Crippen LogP contribution >= 0.6 is 0 Å². The summed E-state index contributed by atoms with van der Waals surface area (Å²) in [6.07, 6.45) is -0.849. The first-order valence-electron chi connectivity index (χ1n) is 9.29. The number of ether oxygens (including phenoxy) is 4. The van der Waals surface area contributed by atoms with Crippen molar-refractivity contribution >= 4 is 5.97 Å². The monoisotopic (exact) mass is 414 g/mol. The summed E-state index contributed by atoms with van der Waals surface area (Å²) in [5.74, 6) is 1.40. The Morgan fingerprint density at radius 2 is 1.70 bits per heavy atom. The molecule has 0 aromatic heterocycles. The van der Waals surface area contributed by atoms with Gasteiger partial charge in [-0.1, -0.05) is 0 Å². The average Bonchev–Trinajstić information content (AvgIpc) is 2.77. The van der Waals surface area contributed by atoms with Crippen LogP contribution < -0.4 is 14.2 Å². The normalized spacial score (nSPS) is 11.5. The number of aliphatic hydroxyl groups is 1. The molecule has 0 radical (unpaired) electrons. The Labute approximate surface area is 176 Å². The van der Waals surface area contributed by atoms with E-state index in [4.69, 9.17) is 24.2 Å². The van der Waals surface area contributed by atoms with Crippen LogP contribution in [0.5, 0.6) is 17.2 Å². The molecule has 2 aromatic rings. The van der Waals surface area contributed by atoms with Gasteiger partial charge in [-0.2, -0.15) is 5.26 Å². The zero-order valence-corrected chi connectivity index (χ0v) is 17.3. The van der Waals surface area contributed by atoms with Crippen LogP contribution in [0.2, 0.25) is 0 Å². The molecule has 8 heteroatoms. The fourth-order valence-electron chi connectivity index (χ4n) is 2.82. The molecule has 0 amide bonds. The molecule has 0 aliphatic heterocycles. The number of benzene rings is 2. The van der Waals surface area contributed by atoms with Gasteiger partial charge in [-0.05, 0) is 42.0 Å². The molecular weight excluding hydrogens is 388 g/mol. The highest BCUT2D eigenvalue weighted by Gasteiger charge is 2.17. The highest BCUT2D eigenvalue weighted by molar-refractivity contribution is 5.71. The highest BCUT2D eigenvalue weighted by atomic mass is 16.5. The third-order valence-electron chi connectivity index (χ3n) is 4.29. The number of nitriles is 1. The van der Waals surface area contributed by atoms with Gasteiger partial charge in [0.05, 0.1) is 39.5 Å². The van der Waals surface area contributed by atoms with Crippen molar-refractivity contribution in [2.45, 2.75) is 12.6 Å². The van der Waals surface area contributed by atoms with Crippen LogP contribution in [0, 0.1) is 11.3 Å². The van der Waals surface area contributed by atoms with Crippen molar-refractivity contribution < 1.29 is 28.8 Å². The zero-order chi connectivity index (χ0) is 21.9. The molecule has 2 rings (SSSR count). The van der Waals surface area contributed by atoms with Gasteiger partial charge in [0.2, 0.25) is 0 Å². The second kappa shape index (κ2) is 11.7. The summed E-state index contributed by atoms with van der Waals surface area (Å²) in [5.41, 5.74) is 1.39. The number of nitrogens with zero attached hydrogens (tertiary/aromatic N) is 2. The summed E-state index contributed by atoms with van der Waals surface area (Å²) in [7, 11) is 4.45. The van der Waals surface area contributed by atoms with E-state index in [9.17, 15) is 9.90 Å². The first kappa shape index (κ1) is 23.0. The molecule has 1 unspecified atom stereocenters. The minimum Gasteiger partial charge on any atom is -0.497 e. The molecule has 0 saturated carbocycles. The van der Waals surface area contributed by atoms with Crippen molar-refractivity contribution in [2.75, 3.05) is 41.0 Å². The van der Waals surface area contributed by atoms with Crippen LogP contribution in [0.3, 0.4) is 0 Å². The Balaban J connectivity index is 2.03. The molecule has 0 spiro atoms. The van der Waals surface area contributed by atoms with E-state index in [2.05, 4.69) is 0 Å². The van der Waals surface area contributed by atoms with Crippen LogP contribution in [0.25, 0.3) is 0 Å². The molecular formula is C22H26N2O6. The van der Waals surface area contributed by atoms with E-state index in [0.29, 0.717) is 29.4 Å². The first-order chi connectivity index (χ1) is 14.5. The van der Waals surface area contributed by atoms with Crippen LogP contribution in [-0.4, -0.2) is 63.1 Å². The predicted molar refractivity (Wildman–Crippen MR) is 109 cm³/mol. The van der Waals surface area contributed by atoms with Crippen molar-refractivity contribution in [1.82, 2.24) is 4.90 Å². The summed E-state index contributed by atoms with van der Waals surface area (Å²) in [5, 5.41) is 19.3. The van der Waals surface area contributed by atoms with Gasteiger partial charge in [0.15, 0.2) is 0 Å². The number of rotatable bonds is 11. The van der Waals surface area contributed by atoms with Gasteiger partial charge in [-0.25, -0.2) is 0 Å². The van der Waals surface area contributed by atoms with Crippen molar-refractivity contribution in [3.63, 3.8) is 0 Å². The predicted octanol–water partition coefficient (Wildman–Crippen LogP) is 1.99. The van der Waals surface area contributed by atoms with Crippen LogP contribution in [0.4, 0.5) is 0 Å². The van der Waals surface area contributed by atoms with Gasteiger partial charge in [0.1, 0.15) is 30.0 Å². The van der Waals surface area contributed by atoms with E-state index in [1.165, 1.54) is 7.11 Å². The lowest BCUT2D eigenvalue weighted by molar-refractivity contribution is -0.142. The maximum absolute atomic E-state index is 11.8. The summed E-state index contributed by atoms with van der Waals surface area (Å²) < 4.78 is 20.9. The smallest absolute Gasteiger partial charge is 0.319 e. The molecule has 0 aliphatic rings. The van der Waals surface area contributed by atoms with Crippen molar-refractivity contribution in [2.24, 2.45) is 0 Å². The lowest BCUT2D eigenvalue weighted by atomic mass is 10.1. The fraction of sp³-hybridized carbons (Fsp3) is 0.364. The Kier molecular flexibility index (Phi) is 8.94. The van der Waals surface area contributed by atoms with E-state index in [0.717, 1.165) is 5.56 Å². The summed E-state index contributed by atoms with van der Waals surface area (Å²) >= 11 is 0. The highest BCUT2D eigenvalue weighted by Crippen LogP contribution is 2.23. The Bertz CT molecular complexity index is 841. The second-order valence-electron chi connectivity index (χ2n) is 6.57. The molecule has 1 atom stereocenters. The van der Waals surface area contributed by atoms with Gasteiger partial charge in [-0.3, -0.25) is 9.69 Å². The third-order valence-corrected chi connectivity index (χ3v) is 4.29. The minimum absolute atomic E-state index is 0.00392. The number of aliphatic hydroxyl groups excluding tert-OH is 1. The summed E-state index contributed by atoms with van der Waals surface area (Å²) in [4.78, 5) is 13.6. The number of esters is 1. The van der Waals surface area contributed by atoms with E-state index < -0.39 is 12.1 Å². The third kappa shape index (κ3) is 7.28. The number of carbonyl (C=O) groups is 1. The number of hydrogen-bond donors (Lipinski definition) is 1. The molecule has 8 nitrogen and oxygen atoms in total. The molecule has 0 bridgehead atoms. The lowest BCUT2D eigenvalue weighted by Gasteiger charge is -2.24. The van der Waals surface area contributed by atoms with Gasteiger partial charge in [0, 0.05) is 19.2 Å². The van der Waals surface area contributed by atoms with Gasteiger partial charge in [-0.15, -0.1) is 0 Å². The number of methoxy groups -OCH3 is 3.